The SMILES string of the molecule is C=C(CN1CCOCC1)C(C)(C)CC.C=C(N1CCNCC1)C(C)(C)CC.C=O.CCC(C)(C)C(=O)NCCCN.Cl. The standard InChI is InChI=1S/C12H23NO.C11H22N2.C9H20N2O.CH2O.ClH/c1-5-12(3,4)11(2)10-13-6-8-14-9-7-13;1-5-11(3,4)10(2)13-8-6-12-7-9-13;1-4-9(2,3)8(12)11-7-5-6-10;1-2;/h2,5-10H2,1,3-4H3;12H,2,5-9H2,1,3-4H3;4-7,10H2,1-3H3,(H,11,12);1H2;1H. The van der Waals surface area contributed by atoms with Crippen molar-refractivity contribution in [3.63, 3.8) is 0 Å². The molecule has 42 heavy (non-hydrogen) atoms. The topological polar surface area (TPSA) is 99.9 Å². The minimum Gasteiger partial charge on any atom is -0.379 e. The van der Waals surface area contributed by atoms with Gasteiger partial charge in [0.05, 0.1) is 13.2 Å². The van der Waals surface area contributed by atoms with Gasteiger partial charge in [-0.25, -0.2) is 0 Å². The highest BCUT2D eigenvalue weighted by molar-refractivity contribution is 5.85. The van der Waals surface area contributed by atoms with E-state index in [2.05, 4.69) is 75.1 Å². The second-order valence-corrected chi connectivity index (χ2v) is 12.8. The first-order valence-corrected chi connectivity index (χ1v) is 15.6. The highest BCUT2D eigenvalue weighted by Gasteiger charge is 2.25. The van der Waals surface area contributed by atoms with Crippen molar-refractivity contribution >= 4 is 25.1 Å². The summed E-state index contributed by atoms with van der Waals surface area (Å²) >= 11 is 0. The van der Waals surface area contributed by atoms with E-state index in [0.717, 1.165) is 84.7 Å². The summed E-state index contributed by atoms with van der Waals surface area (Å²) in [4.78, 5) is 24.3. The van der Waals surface area contributed by atoms with Gasteiger partial charge in [0, 0.05) is 68.9 Å². The molecule has 250 valence electrons. The molecule has 4 N–H and O–H groups in total. The molecule has 0 aromatic heterocycles. The maximum Gasteiger partial charge on any atom is 0.225 e. The number of allylic oxidation sites excluding steroid dienone is 1. The largest absolute Gasteiger partial charge is 0.379 e. The maximum absolute atomic E-state index is 11.4. The number of ether oxygens (including phenoxy) is 1. The summed E-state index contributed by atoms with van der Waals surface area (Å²) in [6.07, 6.45) is 4.04. The summed E-state index contributed by atoms with van der Waals surface area (Å²) < 4.78 is 5.32. The van der Waals surface area contributed by atoms with Crippen LogP contribution in [0.15, 0.2) is 24.4 Å². The minimum atomic E-state index is -0.241. The molecule has 0 aromatic carbocycles. The number of piperazine rings is 1. The van der Waals surface area contributed by atoms with Gasteiger partial charge in [-0.2, -0.15) is 0 Å². The summed E-state index contributed by atoms with van der Waals surface area (Å²) in [5.41, 5.74) is 8.25. The molecule has 0 aliphatic carbocycles. The van der Waals surface area contributed by atoms with Crippen LogP contribution >= 0.6 is 12.4 Å². The molecular weight excluding hydrogens is 550 g/mol. The van der Waals surface area contributed by atoms with Crippen LogP contribution in [0.25, 0.3) is 0 Å². The third kappa shape index (κ3) is 18.3. The Morgan fingerprint density at radius 3 is 1.76 bits per heavy atom. The molecule has 0 saturated carbocycles. The van der Waals surface area contributed by atoms with Gasteiger partial charge in [0.2, 0.25) is 5.91 Å². The van der Waals surface area contributed by atoms with Gasteiger partial charge in [0.1, 0.15) is 6.79 Å². The van der Waals surface area contributed by atoms with Crippen molar-refractivity contribution in [1.82, 2.24) is 20.4 Å². The molecule has 0 radical (unpaired) electrons. The van der Waals surface area contributed by atoms with E-state index in [1.54, 1.807) is 0 Å². The highest BCUT2D eigenvalue weighted by Crippen LogP contribution is 2.31. The molecule has 0 unspecified atom stereocenters. The van der Waals surface area contributed by atoms with Crippen molar-refractivity contribution in [1.29, 1.82) is 0 Å². The van der Waals surface area contributed by atoms with E-state index < -0.39 is 0 Å². The number of amides is 1. The van der Waals surface area contributed by atoms with Crippen molar-refractivity contribution in [3.05, 3.63) is 24.4 Å². The fourth-order valence-electron chi connectivity index (χ4n) is 3.76. The number of hydrogen-bond acceptors (Lipinski definition) is 7. The van der Waals surface area contributed by atoms with E-state index in [1.807, 2.05) is 27.6 Å². The number of rotatable bonds is 12. The summed E-state index contributed by atoms with van der Waals surface area (Å²) in [5.74, 6) is 0.124. The van der Waals surface area contributed by atoms with Gasteiger partial charge in [-0.1, -0.05) is 81.0 Å². The molecule has 8 nitrogen and oxygen atoms in total. The molecule has 2 heterocycles. The predicted octanol–water partition coefficient (Wildman–Crippen LogP) is 5.28. The molecule has 0 bridgehead atoms. The number of nitrogens with one attached hydrogen (secondary N) is 2. The van der Waals surface area contributed by atoms with Crippen molar-refractivity contribution in [2.45, 2.75) is 88.0 Å². The van der Waals surface area contributed by atoms with Crippen LogP contribution < -0.4 is 16.4 Å². The Bertz CT molecular complexity index is 731. The number of carbonyl (C=O) groups excluding carboxylic acids is 2. The average molecular weight is 618 g/mol. The van der Waals surface area contributed by atoms with E-state index in [4.69, 9.17) is 15.3 Å². The average Bonchev–Trinajstić information content (AvgIpc) is 2.99. The Balaban J connectivity index is -0.000000523. The first-order chi connectivity index (χ1) is 19.2. The summed E-state index contributed by atoms with van der Waals surface area (Å²) in [6, 6.07) is 0. The second kappa shape index (κ2) is 23.9. The zero-order chi connectivity index (χ0) is 32.1. The fraction of sp³-hybridized carbons (Fsp3) is 0.818. The Hall–Kier alpha value is -1.45. The Morgan fingerprint density at radius 1 is 0.857 bits per heavy atom. The fourth-order valence-corrected chi connectivity index (χ4v) is 3.76. The normalized spacial score (nSPS) is 15.7. The lowest BCUT2D eigenvalue weighted by Gasteiger charge is -2.38. The van der Waals surface area contributed by atoms with E-state index in [-0.39, 0.29) is 34.6 Å². The molecule has 1 amide bonds. The Morgan fingerprint density at radius 2 is 1.33 bits per heavy atom. The van der Waals surface area contributed by atoms with Gasteiger partial charge >= 0.3 is 0 Å². The van der Waals surface area contributed by atoms with Gasteiger partial charge in [-0.05, 0) is 37.6 Å². The van der Waals surface area contributed by atoms with Gasteiger partial charge < -0.3 is 30.8 Å². The quantitative estimate of drug-likeness (QED) is 0.202. The third-order valence-electron chi connectivity index (χ3n) is 8.69. The van der Waals surface area contributed by atoms with Crippen LogP contribution in [0.5, 0.6) is 0 Å². The number of hydrogen-bond donors (Lipinski definition) is 3. The number of nitrogens with zero attached hydrogens (tertiary/aromatic N) is 2. The lowest BCUT2D eigenvalue weighted by Crippen LogP contribution is -2.45. The smallest absolute Gasteiger partial charge is 0.225 e. The number of morpholine rings is 1. The molecule has 2 fully saturated rings. The van der Waals surface area contributed by atoms with Crippen LogP contribution in [-0.4, -0.2) is 94.6 Å². The summed E-state index contributed by atoms with van der Waals surface area (Å²) in [5, 5.41) is 6.21. The first-order valence-electron chi connectivity index (χ1n) is 15.6. The summed E-state index contributed by atoms with van der Waals surface area (Å²) in [7, 11) is 0. The number of carbonyl (C=O) groups is 2. The van der Waals surface area contributed by atoms with Crippen LogP contribution in [0, 0.1) is 16.2 Å². The van der Waals surface area contributed by atoms with Gasteiger partial charge in [0.25, 0.3) is 0 Å². The van der Waals surface area contributed by atoms with Crippen LogP contribution in [-0.2, 0) is 14.3 Å². The van der Waals surface area contributed by atoms with Crippen LogP contribution in [0.3, 0.4) is 0 Å². The van der Waals surface area contributed by atoms with E-state index in [0.29, 0.717) is 13.1 Å². The molecule has 2 aliphatic heterocycles. The van der Waals surface area contributed by atoms with Gasteiger partial charge in [-0.15, -0.1) is 12.4 Å². The molecule has 2 rings (SSSR count). The molecule has 0 aromatic rings. The zero-order valence-electron chi connectivity index (χ0n) is 28.8. The van der Waals surface area contributed by atoms with Crippen molar-refractivity contribution in [3.8, 4) is 0 Å². The van der Waals surface area contributed by atoms with Gasteiger partial charge in [0.15, 0.2) is 0 Å². The number of halogens is 1. The van der Waals surface area contributed by atoms with E-state index in [9.17, 15) is 4.79 Å². The lowest BCUT2D eigenvalue weighted by molar-refractivity contribution is -0.129. The van der Waals surface area contributed by atoms with Crippen molar-refractivity contribution < 1.29 is 14.3 Å². The highest BCUT2D eigenvalue weighted by atomic mass is 35.5. The lowest BCUT2D eigenvalue weighted by atomic mass is 9.82. The monoisotopic (exact) mass is 618 g/mol. The summed E-state index contributed by atoms with van der Waals surface area (Å²) in [6.45, 7) is 40.5. The van der Waals surface area contributed by atoms with E-state index >= 15 is 0 Å². The molecular formula is C33H68ClN5O3. The molecule has 2 aliphatic rings. The Labute approximate surface area is 266 Å². The second-order valence-electron chi connectivity index (χ2n) is 12.8. The van der Waals surface area contributed by atoms with Crippen LogP contribution in [0.4, 0.5) is 0 Å². The molecule has 9 heteroatoms. The van der Waals surface area contributed by atoms with Crippen LogP contribution in [0.2, 0.25) is 0 Å². The molecule has 0 atom stereocenters. The third-order valence-corrected chi connectivity index (χ3v) is 8.69. The van der Waals surface area contributed by atoms with E-state index in [1.165, 1.54) is 11.3 Å². The minimum absolute atomic E-state index is 0. The predicted molar refractivity (Wildman–Crippen MR) is 183 cm³/mol. The van der Waals surface area contributed by atoms with Crippen molar-refractivity contribution in [2.75, 3.05) is 72.1 Å². The van der Waals surface area contributed by atoms with Crippen LogP contribution in [0.1, 0.15) is 88.0 Å². The maximum atomic E-state index is 11.4. The molecule has 0 spiro atoms. The Kier molecular flexibility index (Phi) is 25.6. The first kappa shape index (κ1) is 45.0. The molecule has 2 saturated heterocycles. The van der Waals surface area contributed by atoms with Gasteiger partial charge in [-0.3, -0.25) is 9.69 Å². The van der Waals surface area contributed by atoms with Crippen molar-refractivity contribution in [2.24, 2.45) is 22.0 Å². The number of nitrogens with two attached hydrogens (primary N) is 1. The zero-order valence-corrected chi connectivity index (χ0v) is 29.6.